The average molecular weight is 361 g/mol. The zero-order valence-corrected chi connectivity index (χ0v) is 16.4. The lowest BCUT2D eigenvalue weighted by Gasteiger charge is -2.10. The second-order valence-corrected chi connectivity index (χ2v) is 7.04. The molecule has 0 amide bonds. The maximum atomic E-state index is 5.42. The van der Waals surface area contributed by atoms with Gasteiger partial charge in [-0.3, -0.25) is 0 Å². The van der Waals surface area contributed by atoms with Gasteiger partial charge in [0.05, 0.1) is 25.4 Å². The Labute approximate surface area is 154 Å². The number of nitrogens with zero attached hydrogens (tertiary/aromatic N) is 2. The third-order valence-corrected chi connectivity index (χ3v) is 4.81. The summed E-state index contributed by atoms with van der Waals surface area (Å²) in [5.41, 5.74) is 3.48. The van der Waals surface area contributed by atoms with E-state index in [1.54, 1.807) is 11.3 Å². The van der Waals surface area contributed by atoms with Crippen molar-refractivity contribution < 1.29 is 4.74 Å². The molecule has 2 N–H and O–H groups in total. The van der Waals surface area contributed by atoms with Gasteiger partial charge >= 0.3 is 0 Å². The molecule has 5 nitrogen and oxygen atoms in total. The van der Waals surface area contributed by atoms with Crippen molar-refractivity contribution in [3.63, 3.8) is 0 Å². The van der Waals surface area contributed by atoms with Crippen LogP contribution in [0.3, 0.4) is 0 Å². The molecule has 0 atom stereocenters. The van der Waals surface area contributed by atoms with Gasteiger partial charge in [-0.15, -0.1) is 11.3 Å². The van der Waals surface area contributed by atoms with Gasteiger partial charge in [-0.1, -0.05) is 24.3 Å². The van der Waals surface area contributed by atoms with Crippen molar-refractivity contribution in [3.8, 4) is 0 Å². The van der Waals surface area contributed by atoms with Gasteiger partial charge in [0.15, 0.2) is 5.96 Å². The molecule has 0 spiro atoms. The minimum Gasteiger partial charge on any atom is -0.377 e. The predicted molar refractivity (Wildman–Crippen MR) is 105 cm³/mol. The summed E-state index contributed by atoms with van der Waals surface area (Å²) < 4.78 is 5.42. The van der Waals surface area contributed by atoms with E-state index in [0.717, 1.165) is 29.8 Å². The monoisotopic (exact) mass is 360 g/mol. The lowest BCUT2D eigenvalue weighted by Crippen LogP contribution is -2.36. The molecule has 0 aliphatic rings. The second kappa shape index (κ2) is 10.2. The molecule has 0 bridgehead atoms. The molecule has 0 saturated carbocycles. The van der Waals surface area contributed by atoms with E-state index in [2.05, 4.69) is 58.7 Å². The lowest BCUT2D eigenvalue weighted by atomic mass is 10.1. The summed E-state index contributed by atoms with van der Waals surface area (Å²) in [5.74, 6) is 0.811. The van der Waals surface area contributed by atoms with Crippen molar-refractivity contribution in [2.45, 2.75) is 47.4 Å². The molecule has 0 radical (unpaired) electrons. The van der Waals surface area contributed by atoms with Crippen molar-refractivity contribution >= 4 is 17.3 Å². The first kappa shape index (κ1) is 19.4. The maximum Gasteiger partial charge on any atom is 0.191 e. The van der Waals surface area contributed by atoms with Crippen LogP contribution in [-0.4, -0.2) is 24.1 Å². The van der Waals surface area contributed by atoms with Gasteiger partial charge in [0, 0.05) is 18.0 Å². The quantitative estimate of drug-likeness (QED) is 0.558. The highest BCUT2D eigenvalue weighted by atomic mass is 32.1. The standard InChI is InChI=1S/C19H28N4OS/c1-5-20-19(22-12-18-23-14(3)15(4)25-18)21-11-16-7-9-17(10-8-16)13-24-6-2/h7-10H,5-6,11-13H2,1-4H3,(H2,20,21,22). The highest BCUT2D eigenvalue weighted by molar-refractivity contribution is 7.11. The number of aliphatic imine (C=N–C) groups is 1. The molecular formula is C19H28N4OS. The number of hydrogen-bond acceptors (Lipinski definition) is 4. The van der Waals surface area contributed by atoms with Crippen molar-refractivity contribution in [2.24, 2.45) is 4.99 Å². The molecule has 1 aromatic carbocycles. The van der Waals surface area contributed by atoms with Gasteiger partial charge < -0.3 is 15.4 Å². The minimum atomic E-state index is 0.639. The number of benzene rings is 1. The molecule has 0 fully saturated rings. The molecule has 25 heavy (non-hydrogen) atoms. The third-order valence-electron chi connectivity index (χ3n) is 3.74. The number of hydrogen-bond donors (Lipinski definition) is 2. The van der Waals surface area contributed by atoms with E-state index in [0.29, 0.717) is 19.7 Å². The molecule has 2 rings (SSSR count). The second-order valence-electron chi connectivity index (χ2n) is 5.75. The number of thiazole rings is 1. The third kappa shape index (κ3) is 6.48. The summed E-state index contributed by atoms with van der Waals surface area (Å²) in [6.45, 7) is 11.8. The molecular weight excluding hydrogens is 332 g/mol. The van der Waals surface area contributed by atoms with E-state index in [-0.39, 0.29) is 0 Å². The topological polar surface area (TPSA) is 58.5 Å². The molecule has 0 aliphatic carbocycles. The van der Waals surface area contributed by atoms with Gasteiger partial charge in [0.2, 0.25) is 0 Å². The Balaban J connectivity index is 1.91. The van der Waals surface area contributed by atoms with Crippen LogP contribution in [0.15, 0.2) is 29.3 Å². The van der Waals surface area contributed by atoms with Crippen LogP contribution in [0.25, 0.3) is 0 Å². The Morgan fingerprint density at radius 1 is 1.12 bits per heavy atom. The number of rotatable bonds is 8. The normalized spacial score (nSPS) is 11.6. The minimum absolute atomic E-state index is 0.639. The van der Waals surface area contributed by atoms with Crippen molar-refractivity contribution in [1.82, 2.24) is 15.6 Å². The summed E-state index contributed by atoms with van der Waals surface area (Å²) in [6, 6.07) is 8.41. The zero-order chi connectivity index (χ0) is 18.1. The van der Waals surface area contributed by atoms with Crippen LogP contribution in [0.4, 0.5) is 0 Å². The first-order valence-corrected chi connectivity index (χ1v) is 9.54. The molecule has 2 aromatic rings. The maximum absolute atomic E-state index is 5.42. The van der Waals surface area contributed by atoms with Crippen LogP contribution >= 0.6 is 11.3 Å². The summed E-state index contributed by atoms with van der Waals surface area (Å²) in [7, 11) is 0. The van der Waals surface area contributed by atoms with Gasteiger partial charge in [0.25, 0.3) is 0 Å². The van der Waals surface area contributed by atoms with E-state index >= 15 is 0 Å². The number of aryl methyl sites for hydroxylation is 2. The average Bonchev–Trinajstić information content (AvgIpc) is 2.94. The van der Waals surface area contributed by atoms with Gasteiger partial charge in [0.1, 0.15) is 5.01 Å². The zero-order valence-electron chi connectivity index (χ0n) is 15.6. The van der Waals surface area contributed by atoms with Crippen LogP contribution in [0.1, 0.15) is 40.6 Å². The molecule has 6 heteroatoms. The fourth-order valence-corrected chi connectivity index (χ4v) is 3.12. The fraction of sp³-hybridized carbons (Fsp3) is 0.474. The predicted octanol–water partition coefficient (Wildman–Crippen LogP) is 3.55. The molecule has 1 heterocycles. The highest BCUT2D eigenvalue weighted by Crippen LogP contribution is 2.15. The SMILES string of the molecule is CCNC(=NCc1ccc(COCC)cc1)NCc1nc(C)c(C)s1. The van der Waals surface area contributed by atoms with Crippen LogP contribution in [0.2, 0.25) is 0 Å². The van der Waals surface area contributed by atoms with Crippen molar-refractivity contribution in [1.29, 1.82) is 0 Å². The Morgan fingerprint density at radius 2 is 1.84 bits per heavy atom. The smallest absolute Gasteiger partial charge is 0.191 e. The molecule has 136 valence electrons. The largest absolute Gasteiger partial charge is 0.377 e. The Hall–Kier alpha value is -1.92. The van der Waals surface area contributed by atoms with Crippen LogP contribution in [-0.2, 0) is 24.4 Å². The van der Waals surface area contributed by atoms with Crippen LogP contribution < -0.4 is 10.6 Å². The summed E-state index contributed by atoms with van der Waals surface area (Å²) in [5, 5.41) is 7.72. The number of ether oxygens (including phenoxy) is 1. The lowest BCUT2D eigenvalue weighted by molar-refractivity contribution is 0.134. The van der Waals surface area contributed by atoms with E-state index in [4.69, 9.17) is 4.74 Å². The van der Waals surface area contributed by atoms with Crippen molar-refractivity contribution in [3.05, 3.63) is 51.0 Å². The first-order chi connectivity index (χ1) is 12.1. The van der Waals surface area contributed by atoms with Gasteiger partial charge in [-0.2, -0.15) is 0 Å². The number of aromatic nitrogens is 1. The van der Waals surface area contributed by atoms with E-state index < -0.39 is 0 Å². The van der Waals surface area contributed by atoms with E-state index in [1.807, 2.05) is 13.8 Å². The van der Waals surface area contributed by atoms with Gasteiger partial charge in [-0.25, -0.2) is 9.98 Å². The first-order valence-electron chi connectivity index (χ1n) is 8.73. The number of guanidine groups is 1. The Bertz CT molecular complexity index is 660. The van der Waals surface area contributed by atoms with E-state index in [9.17, 15) is 0 Å². The van der Waals surface area contributed by atoms with Gasteiger partial charge in [-0.05, 0) is 38.8 Å². The fourth-order valence-electron chi connectivity index (χ4n) is 2.25. The molecule has 0 saturated heterocycles. The summed E-state index contributed by atoms with van der Waals surface area (Å²) >= 11 is 1.73. The van der Waals surface area contributed by atoms with Crippen LogP contribution in [0, 0.1) is 13.8 Å². The summed E-state index contributed by atoms with van der Waals surface area (Å²) in [6.07, 6.45) is 0. The van der Waals surface area contributed by atoms with Crippen molar-refractivity contribution in [2.75, 3.05) is 13.2 Å². The van der Waals surface area contributed by atoms with E-state index in [1.165, 1.54) is 16.0 Å². The Morgan fingerprint density at radius 3 is 2.44 bits per heavy atom. The summed E-state index contributed by atoms with van der Waals surface area (Å²) in [4.78, 5) is 10.5. The molecule has 0 aliphatic heterocycles. The highest BCUT2D eigenvalue weighted by Gasteiger charge is 2.05. The van der Waals surface area contributed by atoms with Crippen LogP contribution in [0.5, 0.6) is 0 Å². The molecule has 1 aromatic heterocycles. The molecule has 0 unspecified atom stereocenters. The number of nitrogens with one attached hydrogen (secondary N) is 2. The Kier molecular flexibility index (Phi) is 7.88.